The Hall–Kier alpha value is -1.90. The molecule has 1 aliphatic rings. The fourth-order valence-electron chi connectivity index (χ4n) is 2.84. The lowest BCUT2D eigenvalue weighted by molar-refractivity contribution is -0.138. The number of nitrogens with zero attached hydrogens (tertiary/aromatic N) is 1. The molecule has 1 aliphatic carbocycles. The molecular weight excluding hydrogens is 346 g/mol. The topological polar surface area (TPSA) is 39.2 Å². The van der Waals surface area contributed by atoms with Crippen molar-refractivity contribution in [2.24, 2.45) is 17.8 Å². The van der Waals surface area contributed by atoms with Gasteiger partial charge >= 0.3 is 5.97 Å². The van der Waals surface area contributed by atoms with E-state index in [2.05, 4.69) is 57.8 Å². The van der Waals surface area contributed by atoms with Crippen LogP contribution < -0.4 is 0 Å². The highest BCUT2D eigenvalue weighted by Gasteiger charge is 2.26. The summed E-state index contributed by atoms with van der Waals surface area (Å²) in [5.41, 5.74) is 2.40. The van der Waals surface area contributed by atoms with E-state index in [1.165, 1.54) is 31.0 Å². The van der Waals surface area contributed by atoms with Gasteiger partial charge in [0.25, 0.3) is 0 Å². The van der Waals surface area contributed by atoms with E-state index < -0.39 is 0 Å². The SMILES string of the molecule is CC.CCC(C)C1=C(OC(C)=O)C(C)C(C)C=C1.CCCCc1ccccn1. The average Bonchev–Trinajstić information content (AvgIpc) is 2.72. The quantitative estimate of drug-likeness (QED) is 0.487. The number of unbranched alkanes of at least 4 members (excludes halogenated alkanes) is 1. The maximum Gasteiger partial charge on any atom is 0.307 e. The standard InChI is InChI=1S/C14H22O2.C9H13N.C2H6/c1-6-9(2)13-8-7-10(3)11(4)14(13)16-12(5)15;1-2-3-6-9-7-4-5-8-10-9;1-2/h7-11H,6H2,1-5H3;4-5,7-8H,2-3,6H2,1H3;1-2H3. The predicted molar refractivity (Wildman–Crippen MR) is 120 cm³/mol. The Balaban J connectivity index is 0.000000520. The van der Waals surface area contributed by atoms with Gasteiger partial charge < -0.3 is 4.74 Å². The van der Waals surface area contributed by atoms with Crippen molar-refractivity contribution in [3.8, 4) is 0 Å². The number of rotatable bonds is 6. The van der Waals surface area contributed by atoms with Crippen molar-refractivity contribution >= 4 is 5.97 Å². The first-order valence-corrected chi connectivity index (χ1v) is 10.9. The normalized spacial score (nSPS) is 19.0. The summed E-state index contributed by atoms with van der Waals surface area (Å²) < 4.78 is 5.40. The summed E-state index contributed by atoms with van der Waals surface area (Å²) in [6.07, 6.45) is 10.9. The molecule has 158 valence electrons. The molecule has 0 spiro atoms. The van der Waals surface area contributed by atoms with E-state index in [0.29, 0.717) is 11.8 Å². The van der Waals surface area contributed by atoms with E-state index in [1.54, 1.807) is 0 Å². The van der Waals surface area contributed by atoms with Crippen LogP contribution in [0.5, 0.6) is 0 Å². The monoisotopic (exact) mass is 387 g/mol. The van der Waals surface area contributed by atoms with Crippen molar-refractivity contribution in [1.29, 1.82) is 0 Å². The molecule has 3 unspecified atom stereocenters. The molecule has 0 aromatic carbocycles. The van der Waals surface area contributed by atoms with Crippen LogP contribution in [-0.2, 0) is 16.0 Å². The summed E-state index contributed by atoms with van der Waals surface area (Å²) in [6, 6.07) is 6.07. The van der Waals surface area contributed by atoms with Gasteiger partial charge in [0.2, 0.25) is 0 Å². The van der Waals surface area contributed by atoms with E-state index in [-0.39, 0.29) is 11.9 Å². The number of allylic oxidation sites excluding steroid dienone is 4. The maximum atomic E-state index is 11.1. The fourth-order valence-corrected chi connectivity index (χ4v) is 2.84. The number of aromatic nitrogens is 1. The van der Waals surface area contributed by atoms with Crippen molar-refractivity contribution < 1.29 is 9.53 Å². The highest BCUT2D eigenvalue weighted by Crippen LogP contribution is 2.34. The molecule has 0 N–H and O–H groups in total. The Kier molecular flexibility index (Phi) is 14.0. The minimum Gasteiger partial charge on any atom is -0.431 e. The summed E-state index contributed by atoms with van der Waals surface area (Å²) in [6.45, 7) is 16.3. The summed E-state index contributed by atoms with van der Waals surface area (Å²) in [7, 11) is 0. The zero-order valence-corrected chi connectivity index (χ0v) is 19.3. The van der Waals surface area contributed by atoms with Crippen LogP contribution in [0.25, 0.3) is 0 Å². The lowest BCUT2D eigenvalue weighted by atomic mass is 9.82. The van der Waals surface area contributed by atoms with Gasteiger partial charge in [-0.1, -0.05) is 73.1 Å². The van der Waals surface area contributed by atoms with Crippen LogP contribution >= 0.6 is 0 Å². The number of pyridine rings is 1. The van der Waals surface area contributed by atoms with Gasteiger partial charge in [-0.15, -0.1) is 0 Å². The highest BCUT2D eigenvalue weighted by molar-refractivity contribution is 5.67. The first-order chi connectivity index (χ1) is 13.4. The van der Waals surface area contributed by atoms with Crippen LogP contribution in [0.2, 0.25) is 0 Å². The Bertz CT molecular complexity index is 604. The number of ether oxygens (including phenoxy) is 1. The molecule has 28 heavy (non-hydrogen) atoms. The van der Waals surface area contributed by atoms with E-state index >= 15 is 0 Å². The van der Waals surface area contributed by atoms with Gasteiger partial charge in [-0.05, 0) is 48.8 Å². The molecule has 3 atom stereocenters. The minimum absolute atomic E-state index is 0.217. The fraction of sp³-hybridized carbons (Fsp3) is 0.600. The van der Waals surface area contributed by atoms with Gasteiger partial charge in [-0.25, -0.2) is 0 Å². The van der Waals surface area contributed by atoms with Gasteiger partial charge in [0.15, 0.2) is 0 Å². The molecule has 1 heterocycles. The Morgan fingerprint density at radius 2 is 1.89 bits per heavy atom. The van der Waals surface area contributed by atoms with Crippen molar-refractivity contribution in [1.82, 2.24) is 4.98 Å². The number of carbonyl (C=O) groups excluding carboxylic acids is 1. The van der Waals surface area contributed by atoms with Gasteiger partial charge in [0.1, 0.15) is 5.76 Å². The van der Waals surface area contributed by atoms with Crippen LogP contribution in [-0.4, -0.2) is 11.0 Å². The molecule has 0 aliphatic heterocycles. The average molecular weight is 388 g/mol. The van der Waals surface area contributed by atoms with Crippen LogP contribution in [0, 0.1) is 17.8 Å². The number of esters is 1. The molecule has 0 saturated heterocycles. The van der Waals surface area contributed by atoms with Crippen molar-refractivity contribution in [3.05, 3.63) is 53.6 Å². The molecule has 1 aromatic rings. The second kappa shape index (κ2) is 15.1. The van der Waals surface area contributed by atoms with E-state index in [9.17, 15) is 4.79 Å². The first kappa shape index (κ1) is 26.1. The Morgan fingerprint density at radius 3 is 2.39 bits per heavy atom. The van der Waals surface area contributed by atoms with Crippen LogP contribution in [0.1, 0.15) is 80.3 Å². The number of hydrogen-bond donors (Lipinski definition) is 0. The number of carbonyl (C=O) groups is 1. The lowest BCUT2D eigenvalue weighted by Gasteiger charge is -2.28. The summed E-state index contributed by atoms with van der Waals surface area (Å²) in [5.74, 6) is 1.82. The molecular formula is C25H41NO2. The van der Waals surface area contributed by atoms with Gasteiger partial charge in [0.05, 0.1) is 0 Å². The minimum atomic E-state index is -0.217. The summed E-state index contributed by atoms with van der Waals surface area (Å²) in [5, 5.41) is 0. The lowest BCUT2D eigenvalue weighted by Crippen LogP contribution is -2.20. The predicted octanol–water partition coefficient (Wildman–Crippen LogP) is 7.14. The largest absolute Gasteiger partial charge is 0.431 e. The molecule has 0 radical (unpaired) electrons. The van der Waals surface area contributed by atoms with E-state index in [1.807, 2.05) is 32.2 Å². The molecule has 0 amide bonds. The Labute approximate surface area is 173 Å². The Morgan fingerprint density at radius 1 is 1.21 bits per heavy atom. The molecule has 3 nitrogen and oxygen atoms in total. The molecule has 3 heteroatoms. The highest BCUT2D eigenvalue weighted by atomic mass is 16.5. The molecule has 2 rings (SSSR count). The number of aryl methyl sites for hydroxylation is 1. The third kappa shape index (κ3) is 9.34. The van der Waals surface area contributed by atoms with Gasteiger partial charge in [0, 0.05) is 24.7 Å². The zero-order valence-electron chi connectivity index (χ0n) is 19.3. The molecule has 0 bridgehead atoms. The number of hydrogen-bond acceptors (Lipinski definition) is 3. The zero-order chi connectivity index (χ0) is 21.5. The second-order valence-electron chi connectivity index (χ2n) is 7.15. The molecule has 0 saturated carbocycles. The van der Waals surface area contributed by atoms with Crippen molar-refractivity contribution in [2.45, 2.75) is 81.1 Å². The van der Waals surface area contributed by atoms with Gasteiger partial charge in [-0.2, -0.15) is 0 Å². The van der Waals surface area contributed by atoms with Gasteiger partial charge in [-0.3, -0.25) is 9.78 Å². The third-order valence-electron chi connectivity index (χ3n) is 4.98. The van der Waals surface area contributed by atoms with Crippen LogP contribution in [0.4, 0.5) is 0 Å². The van der Waals surface area contributed by atoms with E-state index in [0.717, 1.165) is 18.6 Å². The maximum absolute atomic E-state index is 11.1. The van der Waals surface area contributed by atoms with Crippen LogP contribution in [0.3, 0.4) is 0 Å². The first-order valence-electron chi connectivity index (χ1n) is 10.9. The smallest absolute Gasteiger partial charge is 0.307 e. The van der Waals surface area contributed by atoms with Crippen molar-refractivity contribution in [3.63, 3.8) is 0 Å². The molecule has 0 fully saturated rings. The summed E-state index contributed by atoms with van der Waals surface area (Å²) in [4.78, 5) is 15.4. The van der Waals surface area contributed by atoms with Crippen molar-refractivity contribution in [2.75, 3.05) is 0 Å². The second-order valence-corrected chi connectivity index (χ2v) is 7.15. The van der Waals surface area contributed by atoms with E-state index in [4.69, 9.17) is 4.74 Å². The summed E-state index contributed by atoms with van der Waals surface area (Å²) >= 11 is 0. The molecule has 1 aromatic heterocycles. The van der Waals surface area contributed by atoms with Crippen LogP contribution in [0.15, 0.2) is 47.9 Å². The third-order valence-corrected chi connectivity index (χ3v) is 4.98.